The minimum atomic E-state index is -1.35. The van der Waals surface area contributed by atoms with Crippen molar-refractivity contribution in [1.29, 1.82) is 0 Å². The summed E-state index contributed by atoms with van der Waals surface area (Å²) in [6.45, 7) is 0. The van der Waals surface area contributed by atoms with Gasteiger partial charge in [0.05, 0.1) is 22.8 Å². The highest BCUT2D eigenvalue weighted by Crippen LogP contribution is 2.26. The first-order valence-electron chi connectivity index (χ1n) is 6.60. The van der Waals surface area contributed by atoms with Gasteiger partial charge >= 0.3 is 0 Å². The largest absolute Gasteiger partial charge is 0.545 e. The van der Waals surface area contributed by atoms with Crippen LogP contribution in [0.2, 0.25) is 0 Å². The zero-order valence-corrected chi connectivity index (χ0v) is 11.6. The number of carboxylic acid groups (broad SMARTS) is 2. The van der Waals surface area contributed by atoms with Crippen LogP contribution in [0.4, 0.5) is 11.5 Å². The molecule has 0 saturated carbocycles. The zero-order valence-electron chi connectivity index (χ0n) is 11.6. The Morgan fingerprint density at radius 2 is 1.74 bits per heavy atom. The number of carbonyl (C=O) groups is 2. The number of nitrogens with one attached hydrogen (secondary N) is 1. The molecule has 1 aromatic heterocycles. The van der Waals surface area contributed by atoms with E-state index in [0.717, 1.165) is 0 Å². The molecule has 0 unspecified atom stereocenters. The van der Waals surface area contributed by atoms with Crippen molar-refractivity contribution in [3.8, 4) is 0 Å². The average Bonchev–Trinajstić information content (AvgIpc) is 2.54. The van der Waals surface area contributed by atoms with Crippen LogP contribution >= 0.6 is 0 Å². The van der Waals surface area contributed by atoms with Gasteiger partial charge in [-0.15, -0.1) is 0 Å². The minimum absolute atomic E-state index is 0.00603. The lowest BCUT2D eigenvalue weighted by molar-refractivity contribution is -0.256. The van der Waals surface area contributed by atoms with E-state index in [1.54, 1.807) is 18.2 Å². The standard InChI is InChI=1S/C16H11N3O4/c20-15(21)9-3-1-4-10(7-9)19-14-13-11(16(22)23)5-2-6-12(13)17-8-18-14/h1-8H,(H,20,21)(H,22,23)(H,17,18,19)/p-2. The molecule has 0 amide bonds. The second-order valence-corrected chi connectivity index (χ2v) is 4.70. The van der Waals surface area contributed by atoms with Crippen molar-refractivity contribution in [3.63, 3.8) is 0 Å². The molecule has 0 aliphatic rings. The Labute approximate surface area is 130 Å². The maximum absolute atomic E-state index is 11.3. The van der Waals surface area contributed by atoms with E-state index in [2.05, 4.69) is 15.3 Å². The first-order chi connectivity index (χ1) is 11.1. The van der Waals surface area contributed by atoms with Crippen molar-refractivity contribution >= 4 is 34.3 Å². The van der Waals surface area contributed by atoms with Crippen LogP contribution in [0.1, 0.15) is 20.7 Å². The van der Waals surface area contributed by atoms with Gasteiger partial charge in [-0.05, 0) is 23.8 Å². The van der Waals surface area contributed by atoms with Crippen molar-refractivity contribution in [2.45, 2.75) is 0 Å². The summed E-state index contributed by atoms with van der Waals surface area (Å²) in [5, 5.41) is 25.4. The van der Waals surface area contributed by atoms with E-state index in [4.69, 9.17) is 0 Å². The van der Waals surface area contributed by atoms with E-state index in [0.29, 0.717) is 11.2 Å². The van der Waals surface area contributed by atoms with Crippen molar-refractivity contribution in [1.82, 2.24) is 9.97 Å². The average molecular weight is 307 g/mol. The van der Waals surface area contributed by atoms with Crippen LogP contribution in [0, 0.1) is 0 Å². The third kappa shape index (κ3) is 2.80. The second kappa shape index (κ2) is 5.72. The van der Waals surface area contributed by atoms with Crippen LogP contribution < -0.4 is 15.5 Å². The minimum Gasteiger partial charge on any atom is -0.545 e. The van der Waals surface area contributed by atoms with E-state index in [-0.39, 0.29) is 22.3 Å². The Bertz CT molecular complexity index is 919. The van der Waals surface area contributed by atoms with Crippen molar-refractivity contribution in [3.05, 3.63) is 59.9 Å². The number of benzene rings is 2. The van der Waals surface area contributed by atoms with Crippen LogP contribution in [-0.4, -0.2) is 21.9 Å². The molecule has 0 saturated heterocycles. The third-order valence-corrected chi connectivity index (χ3v) is 3.24. The van der Waals surface area contributed by atoms with Crippen LogP contribution in [0.25, 0.3) is 10.9 Å². The third-order valence-electron chi connectivity index (χ3n) is 3.24. The highest BCUT2D eigenvalue weighted by molar-refractivity contribution is 6.06. The van der Waals surface area contributed by atoms with Crippen LogP contribution in [-0.2, 0) is 0 Å². The van der Waals surface area contributed by atoms with Crippen molar-refractivity contribution in [2.24, 2.45) is 0 Å². The molecule has 0 spiro atoms. The molecule has 1 N–H and O–H groups in total. The lowest BCUT2D eigenvalue weighted by Crippen LogP contribution is -2.23. The van der Waals surface area contributed by atoms with Gasteiger partial charge in [0.15, 0.2) is 0 Å². The predicted molar refractivity (Wildman–Crippen MR) is 77.9 cm³/mol. The van der Waals surface area contributed by atoms with E-state index < -0.39 is 11.9 Å². The summed E-state index contributed by atoms with van der Waals surface area (Å²) >= 11 is 0. The van der Waals surface area contributed by atoms with Gasteiger partial charge in [0, 0.05) is 11.3 Å². The SMILES string of the molecule is O=C([O-])c1cccc(Nc2ncnc3cccc(C(=O)[O-])c23)c1. The van der Waals surface area contributed by atoms with E-state index in [1.165, 1.54) is 30.6 Å². The summed E-state index contributed by atoms with van der Waals surface area (Å²) in [5.74, 6) is -2.42. The maximum atomic E-state index is 11.3. The van der Waals surface area contributed by atoms with E-state index >= 15 is 0 Å². The quantitative estimate of drug-likeness (QED) is 0.726. The summed E-state index contributed by atoms with van der Waals surface area (Å²) in [6, 6.07) is 10.5. The molecule has 7 heteroatoms. The summed E-state index contributed by atoms with van der Waals surface area (Å²) in [5.41, 5.74) is 0.801. The van der Waals surface area contributed by atoms with Gasteiger partial charge in [0.25, 0.3) is 0 Å². The molecule has 3 rings (SSSR count). The molecule has 0 radical (unpaired) electrons. The van der Waals surface area contributed by atoms with Crippen LogP contribution in [0.5, 0.6) is 0 Å². The Hall–Kier alpha value is -3.48. The number of nitrogens with zero attached hydrogens (tertiary/aromatic N) is 2. The maximum Gasteiger partial charge on any atom is 0.142 e. The molecule has 7 nitrogen and oxygen atoms in total. The summed E-state index contributed by atoms with van der Waals surface area (Å²) < 4.78 is 0. The molecule has 1 heterocycles. The Balaban J connectivity index is 2.12. The molecule has 3 aromatic rings. The topological polar surface area (TPSA) is 118 Å². The molecular weight excluding hydrogens is 298 g/mol. The fraction of sp³-hybridized carbons (Fsp3) is 0. The number of rotatable bonds is 4. The van der Waals surface area contributed by atoms with Gasteiger partial charge in [-0.25, -0.2) is 9.97 Å². The Kier molecular flexibility index (Phi) is 3.60. The number of aromatic carboxylic acids is 2. The van der Waals surface area contributed by atoms with Gasteiger partial charge in [-0.2, -0.15) is 0 Å². The van der Waals surface area contributed by atoms with Crippen molar-refractivity contribution < 1.29 is 19.8 Å². The monoisotopic (exact) mass is 307 g/mol. The molecule has 0 atom stereocenters. The first kappa shape index (κ1) is 14.5. The lowest BCUT2D eigenvalue weighted by atomic mass is 10.1. The lowest BCUT2D eigenvalue weighted by Gasteiger charge is -2.13. The smallest absolute Gasteiger partial charge is 0.142 e. The number of anilines is 2. The molecule has 0 aliphatic carbocycles. The number of carbonyl (C=O) groups excluding carboxylic acids is 2. The number of carboxylic acids is 2. The normalized spacial score (nSPS) is 10.4. The van der Waals surface area contributed by atoms with Gasteiger partial charge < -0.3 is 25.1 Å². The Morgan fingerprint density at radius 1 is 0.957 bits per heavy atom. The molecule has 2 aromatic carbocycles. The highest BCUT2D eigenvalue weighted by Gasteiger charge is 2.10. The van der Waals surface area contributed by atoms with Crippen molar-refractivity contribution in [2.75, 3.05) is 5.32 Å². The fourth-order valence-electron chi connectivity index (χ4n) is 2.24. The zero-order chi connectivity index (χ0) is 16.4. The number of hydrogen-bond acceptors (Lipinski definition) is 7. The van der Waals surface area contributed by atoms with Gasteiger partial charge in [-0.1, -0.05) is 24.3 Å². The molecule has 0 bridgehead atoms. The number of fused-ring (bicyclic) bond motifs is 1. The van der Waals surface area contributed by atoms with Crippen LogP contribution in [0.15, 0.2) is 48.8 Å². The highest BCUT2D eigenvalue weighted by atomic mass is 16.4. The molecule has 114 valence electrons. The van der Waals surface area contributed by atoms with E-state index in [1.807, 2.05) is 0 Å². The summed E-state index contributed by atoms with van der Waals surface area (Å²) in [7, 11) is 0. The first-order valence-corrected chi connectivity index (χ1v) is 6.60. The van der Waals surface area contributed by atoms with Gasteiger partial charge in [0.1, 0.15) is 12.1 Å². The van der Waals surface area contributed by atoms with Gasteiger partial charge in [0.2, 0.25) is 0 Å². The molecule has 23 heavy (non-hydrogen) atoms. The Morgan fingerprint density at radius 3 is 2.48 bits per heavy atom. The second-order valence-electron chi connectivity index (χ2n) is 4.70. The number of aromatic nitrogens is 2. The summed E-state index contributed by atoms with van der Waals surface area (Å²) in [4.78, 5) is 30.3. The van der Waals surface area contributed by atoms with Crippen LogP contribution in [0.3, 0.4) is 0 Å². The predicted octanol–water partition coefficient (Wildman–Crippen LogP) is 0.100. The molecule has 0 aliphatic heterocycles. The van der Waals surface area contributed by atoms with Gasteiger partial charge in [-0.3, -0.25) is 0 Å². The molecular formula is C16H9N3O4-2. The number of hydrogen-bond donors (Lipinski definition) is 1. The molecule has 0 fully saturated rings. The van der Waals surface area contributed by atoms with E-state index in [9.17, 15) is 19.8 Å². The fourth-order valence-corrected chi connectivity index (χ4v) is 2.24. The summed E-state index contributed by atoms with van der Waals surface area (Å²) in [6.07, 6.45) is 1.28.